The predicted octanol–water partition coefficient (Wildman–Crippen LogP) is 2.02. The Morgan fingerprint density at radius 2 is 2.19 bits per heavy atom. The minimum absolute atomic E-state index is 0.168. The first-order valence-corrected chi connectivity index (χ1v) is 8.19. The van der Waals surface area contributed by atoms with Crippen LogP contribution in [-0.4, -0.2) is 57.3 Å². The normalized spacial score (nSPS) is 15.8. The SMILES string of the molecule is COc1cc(I)c(Cl)cc1C(=O)NCCN1CCOCC1. The summed E-state index contributed by atoms with van der Waals surface area (Å²) < 4.78 is 11.4. The van der Waals surface area contributed by atoms with E-state index < -0.39 is 0 Å². The third-order valence-corrected chi connectivity index (χ3v) is 4.83. The van der Waals surface area contributed by atoms with Gasteiger partial charge in [-0.1, -0.05) is 11.6 Å². The van der Waals surface area contributed by atoms with Crippen LogP contribution >= 0.6 is 34.2 Å². The van der Waals surface area contributed by atoms with Crippen molar-refractivity contribution in [2.24, 2.45) is 0 Å². The van der Waals surface area contributed by atoms with E-state index in [-0.39, 0.29) is 5.91 Å². The van der Waals surface area contributed by atoms with Gasteiger partial charge in [0.05, 0.1) is 30.9 Å². The lowest BCUT2D eigenvalue weighted by Crippen LogP contribution is -2.41. The Hall–Kier alpha value is -0.570. The van der Waals surface area contributed by atoms with Crippen molar-refractivity contribution in [3.63, 3.8) is 0 Å². The highest BCUT2D eigenvalue weighted by Gasteiger charge is 2.16. The van der Waals surface area contributed by atoms with Crippen molar-refractivity contribution in [1.82, 2.24) is 10.2 Å². The van der Waals surface area contributed by atoms with Gasteiger partial charge in [-0.25, -0.2) is 0 Å². The predicted molar refractivity (Wildman–Crippen MR) is 90.3 cm³/mol. The molecule has 1 aliphatic heterocycles. The van der Waals surface area contributed by atoms with Gasteiger partial charge in [-0.3, -0.25) is 9.69 Å². The number of hydrogen-bond acceptors (Lipinski definition) is 4. The maximum Gasteiger partial charge on any atom is 0.255 e. The first-order valence-electron chi connectivity index (χ1n) is 6.73. The van der Waals surface area contributed by atoms with Gasteiger partial charge in [0.2, 0.25) is 0 Å². The number of rotatable bonds is 5. The summed E-state index contributed by atoms with van der Waals surface area (Å²) in [7, 11) is 1.55. The maximum absolute atomic E-state index is 12.2. The number of halogens is 2. The summed E-state index contributed by atoms with van der Waals surface area (Å²) in [5.74, 6) is 0.367. The second kappa shape index (κ2) is 8.17. The van der Waals surface area contributed by atoms with Gasteiger partial charge in [0.25, 0.3) is 5.91 Å². The molecule has 0 saturated carbocycles. The molecule has 0 radical (unpaired) electrons. The van der Waals surface area contributed by atoms with E-state index in [2.05, 4.69) is 32.8 Å². The molecule has 1 aromatic rings. The van der Waals surface area contributed by atoms with Crippen LogP contribution in [-0.2, 0) is 4.74 Å². The van der Waals surface area contributed by atoms with Gasteiger partial charge in [0.1, 0.15) is 5.75 Å². The zero-order valence-electron chi connectivity index (χ0n) is 11.8. The molecule has 1 amide bonds. The van der Waals surface area contributed by atoms with Crippen LogP contribution in [0.25, 0.3) is 0 Å². The lowest BCUT2D eigenvalue weighted by molar-refractivity contribution is 0.0383. The lowest BCUT2D eigenvalue weighted by Gasteiger charge is -2.26. The van der Waals surface area contributed by atoms with Crippen LogP contribution in [0.4, 0.5) is 0 Å². The minimum Gasteiger partial charge on any atom is -0.496 e. The molecule has 0 unspecified atom stereocenters. The van der Waals surface area contributed by atoms with Crippen molar-refractivity contribution < 1.29 is 14.3 Å². The molecule has 0 spiro atoms. The van der Waals surface area contributed by atoms with E-state index in [1.807, 2.05) is 0 Å². The van der Waals surface area contributed by atoms with Crippen molar-refractivity contribution in [1.29, 1.82) is 0 Å². The third-order valence-electron chi connectivity index (χ3n) is 3.30. The molecule has 0 aromatic heterocycles. The summed E-state index contributed by atoms with van der Waals surface area (Å²) in [5, 5.41) is 3.46. The van der Waals surface area contributed by atoms with Gasteiger partial charge in [-0.2, -0.15) is 0 Å². The van der Waals surface area contributed by atoms with Gasteiger partial charge >= 0.3 is 0 Å². The van der Waals surface area contributed by atoms with E-state index >= 15 is 0 Å². The molecule has 7 heteroatoms. The molecule has 0 bridgehead atoms. The van der Waals surface area contributed by atoms with E-state index in [1.54, 1.807) is 19.2 Å². The number of nitrogens with zero attached hydrogens (tertiary/aromatic N) is 1. The Morgan fingerprint density at radius 3 is 2.86 bits per heavy atom. The molecule has 5 nitrogen and oxygen atoms in total. The molecule has 1 fully saturated rings. The Balaban J connectivity index is 1.92. The molecule has 1 heterocycles. The Kier molecular flexibility index (Phi) is 6.53. The van der Waals surface area contributed by atoms with E-state index in [9.17, 15) is 4.79 Å². The number of carbonyl (C=O) groups excluding carboxylic acids is 1. The molecule has 1 aromatic carbocycles. The first kappa shape index (κ1) is 16.8. The summed E-state index contributed by atoms with van der Waals surface area (Å²) in [6.45, 7) is 4.74. The number of amides is 1. The fraction of sp³-hybridized carbons (Fsp3) is 0.500. The number of morpholine rings is 1. The van der Waals surface area contributed by atoms with Crippen LogP contribution in [0, 0.1) is 3.57 Å². The molecule has 2 rings (SSSR count). The van der Waals surface area contributed by atoms with Crippen molar-refractivity contribution >= 4 is 40.1 Å². The number of nitrogens with one attached hydrogen (secondary N) is 1. The molecular formula is C14H18ClIN2O3. The standard InChI is InChI=1S/C14H18ClIN2O3/c1-20-13-9-12(16)11(15)8-10(13)14(19)17-2-3-18-4-6-21-7-5-18/h8-9H,2-7H2,1H3,(H,17,19). The number of carbonyl (C=O) groups is 1. The molecule has 0 aliphatic carbocycles. The third kappa shape index (κ3) is 4.70. The van der Waals surface area contributed by atoms with E-state index in [4.69, 9.17) is 21.1 Å². The number of hydrogen-bond donors (Lipinski definition) is 1. The summed E-state index contributed by atoms with van der Waals surface area (Å²) in [4.78, 5) is 14.5. The largest absolute Gasteiger partial charge is 0.496 e. The highest BCUT2D eigenvalue weighted by Crippen LogP contribution is 2.28. The van der Waals surface area contributed by atoms with E-state index in [0.29, 0.717) is 22.9 Å². The van der Waals surface area contributed by atoms with Crippen LogP contribution in [0.15, 0.2) is 12.1 Å². The van der Waals surface area contributed by atoms with E-state index in [1.165, 1.54) is 0 Å². The van der Waals surface area contributed by atoms with Crippen LogP contribution in [0.3, 0.4) is 0 Å². The zero-order chi connectivity index (χ0) is 15.2. The van der Waals surface area contributed by atoms with Gasteiger partial charge < -0.3 is 14.8 Å². The maximum atomic E-state index is 12.2. The van der Waals surface area contributed by atoms with Gasteiger partial charge in [-0.15, -0.1) is 0 Å². The summed E-state index contributed by atoms with van der Waals surface area (Å²) in [5.41, 5.74) is 0.463. The monoisotopic (exact) mass is 424 g/mol. The summed E-state index contributed by atoms with van der Waals surface area (Å²) in [6, 6.07) is 3.41. The second-order valence-electron chi connectivity index (χ2n) is 4.68. The lowest BCUT2D eigenvalue weighted by atomic mass is 10.2. The molecule has 21 heavy (non-hydrogen) atoms. The fourth-order valence-corrected chi connectivity index (χ4v) is 2.72. The summed E-state index contributed by atoms with van der Waals surface area (Å²) >= 11 is 8.19. The Morgan fingerprint density at radius 1 is 1.48 bits per heavy atom. The van der Waals surface area contributed by atoms with Crippen molar-refractivity contribution in [2.75, 3.05) is 46.5 Å². The van der Waals surface area contributed by atoms with Crippen LogP contribution in [0.2, 0.25) is 5.02 Å². The average molecular weight is 425 g/mol. The molecular weight excluding hydrogens is 407 g/mol. The summed E-state index contributed by atoms with van der Waals surface area (Å²) in [6.07, 6.45) is 0. The van der Waals surface area contributed by atoms with Crippen molar-refractivity contribution in [2.45, 2.75) is 0 Å². The van der Waals surface area contributed by atoms with Crippen LogP contribution in [0.1, 0.15) is 10.4 Å². The molecule has 1 saturated heterocycles. The quantitative estimate of drug-likeness (QED) is 0.735. The van der Waals surface area contributed by atoms with Gasteiger partial charge in [0, 0.05) is 29.7 Å². The first-order chi connectivity index (χ1) is 10.1. The zero-order valence-corrected chi connectivity index (χ0v) is 14.7. The highest BCUT2D eigenvalue weighted by molar-refractivity contribution is 14.1. The molecule has 0 atom stereocenters. The Labute approximate surface area is 143 Å². The number of ether oxygens (including phenoxy) is 2. The van der Waals surface area contributed by atoms with Crippen molar-refractivity contribution in [3.05, 3.63) is 26.3 Å². The smallest absolute Gasteiger partial charge is 0.255 e. The minimum atomic E-state index is -0.168. The van der Waals surface area contributed by atoms with E-state index in [0.717, 1.165) is 36.4 Å². The second-order valence-corrected chi connectivity index (χ2v) is 6.25. The molecule has 1 aliphatic rings. The molecule has 116 valence electrons. The average Bonchev–Trinajstić information content (AvgIpc) is 2.50. The fourth-order valence-electron chi connectivity index (χ4n) is 2.12. The number of benzene rings is 1. The van der Waals surface area contributed by atoms with Crippen LogP contribution in [0.5, 0.6) is 5.75 Å². The number of methoxy groups -OCH3 is 1. The highest BCUT2D eigenvalue weighted by atomic mass is 127. The Bertz CT molecular complexity index is 507. The van der Waals surface area contributed by atoms with Crippen molar-refractivity contribution in [3.8, 4) is 5.75 Å². The molecule has 1 N–H and O–H groups in total. The van der Waals surface area contributed by atoms with Gasteiger partial charge in [0.15, 0.2) is 0 Å². The topological polar surface area (TPSA) is 50.8 Å². The van der Waals surface area contributed by atoms with Crippen LogP contribution < -0.4 is 10.1 Å². The van der Waals surface area contributed by atoms with Gasteiger partial charge in [-0.05, 0) is 34.7 Å².